The van der Waals surface area contributed by atoms with Crippen molar-refractivity contribution in [1.29, 1.82) is 0 Å². The number of aromatic nitrogens is 3. The summed E-state index contributed by atoms with van der Waals surface area (Å²) in [6.45, 7) is 5.12. The quantitative estimate of drug-likeness (QED) is 0.269. The predicted molar refractivity (Wildman–Crippen MR) is 178 cm³/mol. The van der Waals surface area contributed by atoms with E-state index in [0.717, 1.165) is 58.2 Å². The van der Waals surface area contributed by atoms with Crippen LogP contribution in [0, 0.1) is 5.82 Å². The monoisotopic (exact) mass is 659 g/mol. The first-order chi connectivity index (χ1) is 23.2. The van der Waals surface area contributed by atoms with Crippen molar-refractivity contribution in [1.82, 2.24) is 30.1 Å². The number of aromatic hydroxyl groups is 1. The molecule has 13 heteroatoms. The summed E-state index contributed by atoms with van der Waals surface area (Å²) in [4.78, 5) is 32.8. The lowest BCUT2D eigenvalue weighted by Crippen LogP contribution is -2.51. The normalized spacial score (nSPS) is 25.2. The van der Waals surface area contributed by atoms with Gasteiger partial charge in [-0.2, -0.15) is 15.0 Å². The van der Waals surface area contributed by atoms with Crippen LogP contribution in [0.25, 0.3) is 33.5 Å². The van der Waals surface area contributed by atoms with Gasteiger partial charge in [0.2, 0.25) is 17.1 Å². The second-order valence-electron chi connectivity index (χ2n) is 14.0. The third-order valence-corrected chi connectivity index (χ3v) is 10.7. The van der Waals surface area contributed by atoms with Crippen molar-refractivity contribution in [3.05, 3.63) is 35.6 Å². The van der Waals surface area contributed by atoms with Crippen molar-refractivity contribution < 1.29 is 28.2 Å². The van der Waals surface area contributed by atoms with Crippen molar-refractivity contribution >= 4 is 33.9 Å². The molecule has 254 valence electrons. The highest BCUT2D eigenvalue weighted by atomic mass is 19.1. The number of ether oxygens (including phenoxy) is 2. The predicted octanol–water partition coefficient (Wildman–Crippen LogP) is 4.86. The molecule has 4 atom stereocenters. The van der Waals surface area contributed by atoms with E-state index in [-0.39, 0.29) is 41.1 Å². The Kier molecular flexibility index (Phi) is 7.78. The SMILES string of the molecule is CCc1c(F)ccc2cc(O)cc(-c3nc4nc(OCC56CCCN5[C@@H](COC(=O)N(C)C)CC6)nc(N5CC6CCC(C5)N6)c4o3)c12. The zero-order chi connectivity index (χ0) is 33.2. The van der Waals surface area contributed by atoms with E-state index in [1.807, 2.05) is 6.92 Å². The maximum absolute atomic E-state index is 15.0. The van der Waals surface area contributed by atoms with Crippen LogP contribution < -0.4 is 15.0 Å². The molecule has 1 amide bonds. The molecule has 8 rings (SSSR count). The number of phenols is 1. The Morgan fingerprint density at radius 1 is 1.15 bits per heavy atom. The maximum atomic E-state index is 15.0. The second-order valence-corrected chi connectivity index (χ2v) is 14.0. The summed E-state index contributed by atoms with van der Waals surface area (Å²) in [5.74, 6) is 0.586. The van der Waals surface area contributed by atoms with Crippen molar-refractivity contribution in [2.24, 2.45) is 0 Å². The van der Waals surface area contributed by atoms with Gasteiger partial charge < -0.3 is 34.1 Å². The molecule has 4 aliphatic rings. The van der Waals surface area contributed by atoms with Crippen LogP contribution in [-0.2, 0) is 11.2 Å². The van der Waals surface area contributed by atoms with Crippen molar-refractivity contribution in [2.75, 3.05) is 51.8 Å². The molecule has 0 spiro atoms. The molecule has 4 aromatic rings. The van der Waals surface area contributed by atoms with Crippen LogP contribution in [0.2, 0.25) is 0 Å². The van der Waals surface area contributed by atoms with E-state index in [1.54, 1.807) is 32.3 Å². The highest BCUT2D eigenvalue weighted by Crippen LogP contribution is 2.43. The fraction of sp³-hybridized carbons (Fsp3) is 0.543. The smallest absolute Gasteiger partial charge is 0.409 e. The fourth-order valence-electron chi connectivity index (χ4n) is 8.45. The van der Waals surface area contributed by atoms with Crippen LogP contribution in [0.4, 0.5) is 15.0 Å². The third-order valence-electron chi connectivity index (χ3n) is 10.7. The molecule has 12 nitrogen and oxygen atoms in total. The number of aryl methyl sites for hydroxylation is 1. The zero-order valence-corrected chi connectivity index (χ0v) is 27.7. The van der Waals surface area contributed by atoms with E-state index in [0.29, 0.717) is 70.7 Å². The van der Waals surface area contributed by atoms with Gasteiger partial charge in [-0.1, -0.05) is 13.0 Å². The number of piperazine rings is 1. The van der Waals surface area contributed by atoms with Crippen LogP contribution in [0.1, 0.15) is 51.0 Å². The number of hydrogen-bond acceptors (Lipinski definition) is 11. The van der Waals surface area contributed by atoms with Crippen LogP contribution in [-0.4, -0.2) is 107 Å². The van der Waals surface area contributed by atoms with Crippen molar-refractivity contribution in [3.8, 4) is 23.2 Å². The lowest BCUT2D eigenvalue weighted by Gasteiger charge is -2.35. The third kappa shape index (κ3) is 5.36. The second kappa shape index (κ2) is 12.0. The first-order valence-electron chi connectivity index (χ1n) is 17.1. The fourth-order valence-corrected chi connectivity index (χ4v) is 8.45. The van der Waals surface area contributed by atoms with Crippen LogP contribution in [0.15, 0.2) is 28.7 Å². The molecule has 48 heavy (non-hydrogen) atoms. The molecule has 2 aromatic carbocycles. The number of phenolic OH excluding ortho intramolecular Hbond substituents is 1. The number of oxazole rings is 1. The topological polar surface area (TPSA) is 129 Å². The lowest BCUT2D eigenvalue weighted by atomic mass is 9.95. The lowest BCUT2D eigenvalue weighted by molar-refractivity contribution is 0.0484. The van der Waals surface area contributed by atoms with Gasteiger partial charge in [-0.15, -0.1) is 0 Å². The van der Waals surface area contributed by atoms with Gasteiger partial charge in [0.05, 0.1) is 5.54 Å². The van der Waals surface area contributed by atoms with E-state index in [4.69, 9.17) is 28.8 Å². The summed E-state index contributed by atoms with van der Waals surface area (Å²) in [6.07, 6.45) is 6.21. The highest BCUT2D eigenvalue weighted by Gasteiger charge is 2.50. The molecule has 0 saturated carbocycles. The molecule has 0 aliphatic carbocycles. The molecule has 4 saturated heterocycles. The standard InChI is InChI=1S/C35H42FN7O5/c1-4-25-27(36)9-6-20-14-24(44)15-26(28(20)25)32-38-30-29(48-32)31(42-16-21-7-8-22(17-42)37-21)40-33(39-30)47-19-35-11-5-13-43(35)23(10-12-35)18-46-34(45)41(2)3/h6,9,14-15,21-23,37,44H,4-5,7-8,10-13,16-19H2,1-3H3/t21?,22?,23-,35?/m1/s1. The minimum absolute atomic E-state index is 0.0362. The number of benzene rings is 2. The first-order valence-corrected chi connectivity index (χ1v) is 17.1. The van der Waals surface area contributed by atoms with E-state index in [1.165, 1.54) is 11.0 Å². The average molecular weight is 660 g/mol. The molecule has 6 heterocycles. The van der Waals surface area contributed by atoms with Gasteiger partial charge in [-0.05, 0) is 80.6 Å². The van der Waals surface area contributed by atoms with Gasteiger partial charge in [0.25, 0.3) is 0 Å². The number of nitrogens with one attached hydrogen (secondary N) is 1. The van der Waals surface area contributed by atoms with Crippen LogP contribution >= 0.6 is 0 Å². The Hall–Kier alpha value is -4.23. The molecule has 0 radical (unpaired) electrons. The van der Waals surface area contributed by atoms with Gasteiger partial charge >= 0.3 is 12.1 Å². The minimum Gasteiger partial charge on any atom is -0.508 e. The molecule has 4 aliphatic heterocycles. The van der Waals surface area contributed by atoms with Crippen molar-refractivity contribution in [3.63, 3.8) is 0 Å². The molecule has 2 bridgehead atoms. The van der Waals surface area contributed by atoms with Crippen molar-refractivity contribution in [2.45, 2.75) is 75.5 Å². The van der Waals surface area contributed by atoms with E-state index < -0.39 is 0 Å². The summed E-state index contributed by atoms with van der Waals surface area (Å²) in [7, 11) is 3.38. The van der Waals surface area contributed by atoms with Gasteiger partial charge in [0, 0.05) is 56.3 Å². The van der Waals surface area contributed by atoms with E-state index in [9.17, 15) is 9.90 Å². The summed E-state index contributed by atoms with van der Waals surface area (Å²) < 4.78 is 33.5. The molecule has 2 N–H and O–H groups in total. The molecule has 2 aromatic heterocycles. The average Bonchev–Trinajstić information content (AvgIpc) is 3.85. The summed E-state index contributed by atoms with van der Waals surface area (Å²) >= 11 is 0. The van der Waals surface area contributed by atoms with E-state index in [2.05, 4.69) is 15.1 Å². The number of anilines is 1. The molecule has 3 unspecified atom stereocenters. The Balaban J connectivity index is 1.15. The summed E-state index contributed by atoms with van der Waals surface area (Å²) in [6, 6.07) is 7.37. The van der Waals surface area contributed by atoms with Crippen LogP contribution in [0.5, 0.6) is 11.8 Å². The van der Waals surface area contributed by atoms with Gasteiger partial charge in [-0.3, -0.25) is 4.90 Å². The number of hydrogen-bond donors (Lipinski definition) is 2. The minimum atomic E-state index is -0.333. The number of amides is 1. The van der Waals surface area contributed by atoms with Gasteiger partial charge in [0.15, 0.2) is 5.82 Å². The summed E-state index contributed by atoms with van der Waals surface area (Å²) in [5, 5.41) is 15.7. The number of carbonyl (C=O) groups excluding carboxylic acids is 1. The number of fused-ring (bicyclic) bond motifs is 5. The summed E-state index contributed by atoms with van der Waals surface area (Å²) in [5.41, 5.74) is 1.64. The highest BCUT2D eigenvalue weighted by molar-refractivity contribution is 5.99. The number of nitrogens with zero attached hydrogens (tertiary/aromatic N) is 6. The molecule has 4 fully saturated rings. The molecular weight excluding hydrogens is 617 g/mol. The van der Waals surface area contributed by atoms with E-state index >= 15 is 4.39 Å². The van der Waals surface area contributed by atoms with Crippen LogP contribution in [0.3, 0.4) is 0 Å². The Bertz CT molecular complexity index is 1870. The number of rotatable bonds is 8. The van der Waals surface area contributed by atoms with Gasteiger partial charge in [0.1, 0.15) is 24.8 Å². The first kappa shape index (κ1) is 31.1. The maximum Gasteiger partial charge on any atom is 0.409 e. The Morgan fingerprint density at radius 3 is 2.73 bits per heavy atom. The largest absolute Gasteiger partial charge is 0.508 e. The van der Waals surface area contributed by atoms with Gasteiger partial charge in [-0.25, -0.2) is 9.18 Å². The molecular formula is C35H42FN7O5. The Morgan fingerprint density at radius 2 is 1.96 bits per heavy atom. The number of carbonyl (C=O) groups is 1. The zero-order valence-electron chi connectivity index (χ0n) is 27.7. The number of halogens is 1. The Labute approximate surface area is 278 Å².